The van der Waals surface area contributed by atoms with E-state index in [1.807, 2.05) is 19.2 Å². The van der Waals surface area contributed by atoms with Gasteiger partial charge >= 0.3 is 5.97 Å². The molecule has 0 radical (unpaired) electrons. The highest BCUT2D eigenvalue weighted by Gasteiger charge is 2.32. The van der Waals surface area contributed by atoms with Gasteiger partial charge in [-0.25, -0.2) is 0 Å². The molecule has 4 nitrogen and oxygen atoms in total. The number of aromatic nitrogens is 1. The molecule has 0 amide bonds. The van der Waals surface area contributed by atoms with Crippen molar-refractivity contribution >= 4 is 17.6 Å². The predicted molar refractivity (Wildman–Crippen MR) is 104 cm³/mol. The number of halogens is 1. The van der Waals surface area contributed by atoms with Crippen molar-refractivity contribution < 1.29 is 9.90 Å². The number of hydrogen-bond acceptors (Lipinski definition) is 3. The quantitative estimate of drug-likeness (QED) is 0.787. The first kappa shape index (κ1) is 18.9. The minimum Gasteiger partial charge on any atom is -0.481 e. The number of aryl methyl sites for hydroxylation is 1. The van der Waals surface area contributed by atoms with Gasteiger partial charge in [0.2, 0.25) is 0 Å². The zero-order valence-corrected chi connectivity index (χ0v) is 16.0. The molecule has 1 fully saturated rings. The van der Waals surface area contributed by atoms with Crippen LogP contribution in [0.3, 0.4) is 0 Å². The number of likely N-dealkylation sites (tertiary alicyclic amines) is 1. The number of pyridine rings is 1. The average molecular weight is 373 g/mol. The molecule has 0 saturated carbocycles. The second-order valence-electron chi connectivity index (χ2n) is 7.20. The zero-order chi connectivity index (χ0) is 18.7. The molecule has 3 rings (SSSR count). The van der Waals surface area contributed by atoms with Crippen LogP contribution < -0.4 is 0 Å². The molecule has 5 heteroatoms. The molecule has 0 aliphatic carbocycles. The number of nitrogens with zero attached hydrogens (tertiary/aromatic N) is 2. The lowest BCUT2D eigenvalue weighted by atomic mass is 9.89. The normalized spacial score (nSPS) is 16.3. The first-order chi connectivity index (χ1) is 12.5. The molecule has 1 atom stereocenters. The maximum absolute atomic E-state index is 10.9. The van der Waals surface area contributed by atoms with Crippen molar-refractivity contribution in [3.8, 4) is 0 Å². The fourth-order valence-corrected chi connectivity index (χ4v) is 3.65. The third-order valence-corrected chi connectivity index (χ3v) is 5.63. The first-order valence-corrected chi connectivity index (χ1v) is 9.49. The Labute approximate surface area is 159 Å². The van der Waals surface area contributed by atoms with E-state index in [1.54, 1.807) is 0 Å². The highest BCUT2D eigenvalue weighted by atomic mass is 35.5. The highest BCUT2D eigenvalue weighted by Crippen LogP contribution is 2.28. The lowest BCUT2D eigenvalue weighted by molar-refractivity contribution is -0.147. The van der Waals surface area contributed by atoms with E-state index in [2.05, 4.69) is 41.1 Å². The molecule has 0 bridgehead atoms. The smallest absolute Gasteiger partial charge is 0.309 e. The summed E-state index contributed by atoms with van der Waals surface area (Å²) in [6, 6.07) is 10.5. The SMILES string of the molecule is CC[C@@H](Cc1ccnc(CN2CC(C(=O)O)C2)c1)c1ccc(Cl)c(C)c1. The van der Waals surface area contributed by atoms with E-state index in [9.17, 15) is 4.79 Å². The summed E-state index contributed by atoms with van der Waals surface area (Å²) in [5, 5.41) is 9.79. The average Bonchev–Trinajstić information content (AvgIpc) is 2.58. The molecular weight excluding hydrogens is 348 g/mol. The van der Waals surface area contributed by atoms with Gasteiger partial charge in [0.15, 0.2) is 0 Å². The number of carbonyl (C=O) groups is 1. The van der Waals surface area contributed by atoms with Gasteiger partial charge < -0.3 is 5.11 Å². The first-order valence-electron chi connectivity index (χ1n) is 9.11. The van der Waals surface area contributed by atoms with Crippen LogP contribution in [0.5, 0.6) is 0 Å². The maximum Gasteiger partial charge on any atom is 0.309 e. The van der Waals surface area contributed by atoms with Crippen molar-refractivity contribution in [1.82, 2.24) is 9.88 Å². The van der Waals surface area contributed by atoms with Crippen LogP contribution in [0.2, 0.25) is 5.02 Å². The monoisotopic (exact) mass is 372 g/mol. The minimum atomic E-state index is -0.702. The second-order valence-corrected chi connectivity index (χ2v) is 7.61. The van der Waals surface area contributed by atoms with Crippen molar-refractivity contribution in [3.63, 3.8) is 0 Å². The van der Waals surface area contributed by atoms with E-state index in [0.717, 1.165) is 29.1 Å². The molecule has 2 aromatic rings. The van der Waals surface area contributed by atoms with Crippen LogP contribution in [-0.2, 0) is 17.8 Å². The summed E-state index contributed by atoms with van der Waals surface area (Å²) in [6.07, 6.45) is 3.88. The number of carboxylic acids is 1. The van der Waals surface area contributed by atoms with E-state index in [4.69, 9.17) is 16.7 Å². The standard InChI is InChI=1S/C21H25ClN2O2/c1-3-16(17-4-5-20(22)14(2)8-17)9-15-6-7-23-19(10-15)13-24-11-18(12-24)21(25)26/h4-8,10,16,18H,3,9,11-13H2,1-2H3,(H,25,26)/t16-/m0/s1. The molecule has 1 saturated heterocycles. The summed E-state index contributed by atoms with van der Waals surface area (Å²) in [4.78, 5) is 17.5. The number of hydrogen-bond donors (Lipinski definition) is 1. The van der Waals surface area contributed by atoms with Gasteiger partial charge in [-0.2, -0.15) is 0 Å². The van der Waals surface area contributed by atoms with E-state index in [1.165, 1.54) is 11.1 Å². The largest absolute Gasteiger partial charge is 0.481 e. The van der Waals surface area contributed by atoms with Gasteiger partial charge in [0.05, 0.1) is 11.6 Å². The van der Waals surface area contributed by atoms with Crippen LogP contribution in [0.4, 0.5) is 0 Å². The van der Waals surface area contributed by atoms with E-state index >= 15 is 0 Å². The lowest BCUT2D eigenvalue weighted by Crippen LogP contribution is -2.49. The lowest BCUT2D eigenvalue weighted by Gasteiger charge is -2.36. The van der Waals surface area contributed by atoms with Gasteiger partial charge in [0.1, 0.15) is 0 Å². The van der Waals surface area contributed by atoms with Gasteiger partial charge in [-0.3, -0.25) is 14.7 Å². The molecule has 26 heavy (non-hydrogen) atoms. The summed E-state index contributed by atoms with van der Waals surface area (Å²) in [7, 11) is 0. The van der Waals surface area contributed by atoms with Gasteiger partial charge in [0.25, 0.3) is 0 Å². The van der Waals surface area contributed by atoms with E-state index < -0.39 is 5.97 Å². The number of aliphatic carboxylic acids is 1. The van der Waals surface area contributed by atoms with Crippen molar-refractivity contribution in [3.05, 3.63) is 63.9 Å². The van der Waals surface area contributed by atoms with E-state index in [-0.39, 0.29) is 5.92 Å². The molecule has 1 aromatic heterocycles. The summed E-state index contributed by atoms with van der Waals surface area (Å²) in [6.45, 7) is 6.20. The molecule has 1 N–H and O–H groups in total. The van der Waals surface area contributed by atoms with Crippen LogP contribution in [-0.4, -0.2) is 34.0 Å². The van der Waals surface area contributed by atoms with Crippen molar-refractivity contribution in [2.24, 2.45) is 5.92 Å². The Morgan fingerprint density at radius 3 is 2.77 bits per heavy atom. The van der Waals surface area contributed by atoms with Crippen molar-refractivity contribution in [1.29, 1.82) is 0 Å². The van der Waals surface area contributed by atoms with Gasteiger partial charge in [-0.1, -0.05) is 30.7 Å². The van der Waals surface area contributed by atoms with Crippen molar-refractivity contribution in [2.45, 2.75) is 39.2 Å². The number of rotatable bonds is 7. The fraction of sp³-hybridized carbons (Fsp3) is 0.429. The highest BCUT2D eigenvalue weighted by molar-refractivity contribution is 6.31. The van der Waals surface area contributed by atoms with Gasteiger partial charge in [-0.05, 0) is 60.6 Å². The Balaban J connectivity index is 1.65. The molecule has 1 aliphatic rings. The predicted octanol–water partition coefficient (Wildman–Crippen LogP) is 4.30. The van der Waals surface area contributed by atoms with Crippen LogP contribution >= 0.6 is 11.6 Å². The van der Waals surface area contributed by atoms with Crippen LogP contribution in [0.1, 0.15) is 41.6 Å². The zero-order valence-electron chi connectivity index (χ0n) is 15.3. The molecule has 138 valence electrons. The molecule has 2 heterocycles. The molecule has 1 aliphatic heterocycles. The molecule has 1 aromatic carbocycles. The van der Waals surface area contributed by atoms with Crippen LogP contribution in [0.15, 0.2) is 36.5 Å². The summed E-state index contributed by atoms with van der Waals surface area (Å²) >= 11 is 6.16. The van der Waals surface area contributed by atoms with Crippen molar-refractivity contribution in [2.75, 3.05) is 13.1 Å². The molecule has 0 spiro atoms. The van der Waals surface area contributed by atoms with Crippen LogP contribution in [0, 0.1) is 12.8 Å². The summed E-state index contributed by atoms with van der Waals surface area (Å²) in [5.41, 5.74) is 4.71. The third kappa shape index (κ3) is 4.43. The van der Waals surface area contributed by atoms with Gasteiger partial charge in [-0.15, -0.1) is 0 Å². The minimum absolute atomic E-state index is 0.226. The Morgan fingerprint density at radius 1 is 1.35 bits per heavy atom. The Morgan fingerprint density at radius 2 is 2.12 bits per heavy atom. The van der Waals surface area contributed by atoms with E-state index in [0.29, 0.717) is 25.6 Å². The fourth-order valence-electron chi connectivity index (χ4n) is 3.53. The number of benzene rings is 1. The molecular formula is C21H25ClN2O2. The maximum atomic E-state index is 10.9. The van der Waals surface area contributed by atoms with Gasteiger partial charge in [0, 0.05) is 30.9 Å². The number of carboxylic acid groups (broad SMARTS) is 1. The second kappa shape index (κ2) is 8.19. The Hall–Kier alpha value is -1.91. The topological polar surface area (TPSA) is 53.4 Å². The summed E-state index contributed by atoms with van der Waals surface area (Å²) in [5.74, 6) is -0.482. The summed E-state index contributed by atoms with van der Waals surface area (Å²) < 4.78 is 0. The third-order valence-electron chi connectivity index (χ3n) is 5.20. The van der Waals surface area contributed by atoms with Crippen LogP contribution in [0.25, 0.3) is 0 Å². The Bertz CT molecular complexity index is 787. The Kier molecular flexibility index (Phi) is 5.94. The molecule has 0 unspecified atom stereocenters.